The van der Waals surface area contributed by atoms with Gasteiger partial charge in [0.1, 0.15) is 12.0 Å². The van der Waals surface area contributed by atoms with Crippen molar-refractivity contribution in [3.8, 4) is 10.4 Å². The number of nitrogens with one attached hydrogen (secondary N) is 2. The molecule has 1 aliphatic rings. The predicted octanol–water partition coefficient (Wildman–Crippen LogP) is 2.76. The van der Waals surface area contributed by atoms with Gasteiger partial charge in [0.25, 0.3) is 0 Å². The van der Waals surface area contributed by atoms with Gasteiger partial charge in [0.05, 0.1) is 22.5 Å². The molecule has 0 spiro atoms. The average Bonchev–Trinajstić information content (AvgIpc) is 3.16. The lowest BCUT2D eigenvalue weighted by molar-refractivity contribution is 0.355. The van der Waals surface area contributed by atoms with Gasteiger partial charge in [-0.3, -0.25) is 5.10 Å². The Labute approximate surface area is 124 Å². The molecule has 1 fully saturated rings. The van der Waals surface area contributed by atoms with Gasteiger partial charge < -0.3 is 5.32 Å². The fraction of sp³-hybridized carbons (Fsp3) is 0.357. The monoisotopic (exact) mass is 303 g/mol. The molecule has 0 amide bonds. The van der Waals surface area contributed by atoms with Crippen molar-refractivity contribution in [1.29, 1.82) is 0 Å². The minimum absolute atomic E-state index is 0.0802. The molecule has 0 bridgehead atoms. The number of H-pyrrole nitrogens is 1. The molecule has 0 unspecified atom stereocenters. The number of nitrogens with zero attached hydrogens (tertiary/aromatic N) is 3. The standard InChI is InChI=1S/C14H14FN5S/c1-7-9(5-18-20-7)12-3-10-13(21-12)6-17-14(19-10)11-2-8(15)4-16-11/h3,5-6,8,11,16H,2,4H2,1H3,(H,18,20)/t8-,11-/m0/s1. The third-order valence-corrected chi connectivity index (χ3v) is 4.87. The summed E-state index contributed by atoms with van der Waals surface area (Å²) in [6.07, 6.45) is 3.29. The van der Waals surface area contributed by atoms with E-state index in [2.05, 4.69) is 25.5 Å². The second kappa shape index (κ2) is 4.85. The summed E-state index contributed by atoms with van der Waals surface area (Å²) in [5.41, 5.74) is 3.03. The van der Waals surface area contributed by atoms with E-state index in [0.717, 1.165) is 26.4 Å². The fourth-order valence-electron chi connectivity index (χ4n) is 2.64. The van der Waals surface area contributed by atoms with Gasteiger partial charge in [0.15, 0.2) is 0 Å². The number of aromatic nitrogens is 4. The van der Waals surface area contributed by atoms with E-state index in [9.17, 15) is 4.39 Å². The van der Waals surface area contributed by atoms with Crippen molar-refractivity contribution in [1.82, 2.24) is 25.5 Å². The quantitative estimate of drug-likeness (QED) is 0.764. The minimum atomic E-state index is -0.805. The molecule has 0 aromatic carbocycles. The van der Waals surface area contributed by atoms with Crippen LogP contribution in [0, 0.1) is 6.92 Å². The van der Waals surface area contributed by atoms with Crippen molar-refractivity contribution in [2.75, 3.05) is 6.54 Å². The Kier molecular flexibility index (Phi) is 2.97. The molecule has 1 aliphatic heterocycles. The van der Waals surface area contributed by atoms with Crippen LogP contribution in [0.3, 0.4) is 0 Å². The second-order valence-electron chi connectivity index (χ2n) is 5.29. The highest BCUT2D eigenvalue weighted by Crippen LogP contribution is 2.34. The molecule has 3 aromatic heterocycles. The number of thiophene rings is 1. The van der Waals surface area contributed by atoms with Crippen LogP contribution in [0.2, 0.25) is 0 Å². The van der Waals surface area contributed by atoms with E-state index in [-0.39, 0.29) is 6.04 Å². The molecule has 5 nitrogen and oxygen atoms in total. The van der Waals surface area contributed by atoms with Crippen LogP contribution in [-0.2, 0) is 0 Å². The summed E-state index contributed by atoms with van der Waals surface area (Å²) in [7, 11) is 0. The van der Waals surface area contributed by atoms with E-state index in [1.807, 2.05) is 25.4 Å². The lowest BCUT2D eigenvalue weighted by Crippen LogP contribution is -2.16. The Morgan fingerprint density at radius 2 is 2.29 bits per heavy atom. The molecule has 7 heteroatoms. The summed E-state index contributed by atoms with van der Waals surface area (Å²) in [4.78, 5) is 10.1. The topological polar surface area (TPSA) is 66.5 Å². The van der Waals surface area contributed by atoms with Crippen LogP contribution in [0.1, 0.15) is 24.0 Å². The van der Waals surface area contributed by atoms with Gasteiger partial charge in [-0.15, -0.1) is 11.3 Å². The zero-order valence-electron chi connectivity index (χ0n) is 11.4. The van der Waals surface area contributed by atoms with Crippen molar-refractivity contribution in [3.05, 3.63) is 30.0 Å². The first-order chi connectivity index (χ1) is 10.2. The molecule has 4 rings (SSSR count). The molecule has 1 saturated heterocycles. The second-order valence-corrected chi connectivity index (χ2v) is 6.37. The summed E-state index contributed by atoms with van der Waals surface area (Å²) >= 11 is 1.64. The average molecular weight is 303 g/mol. The first-order valence-corrected chi connectivity index (χ1v) is 7.66. The normalized spacial score (nSPS) is 22.2. The zero-order chi connectivity index (χ0) is 14.4. The molecule has 0 radical (unpaired) electrons. The van der Waals surface area contributed by atoms with Gasteiger partial charge in [-0.1, -0.05) is 0 Å². The molecule has 0 saturated carbocycles. The van der Waals surface area contributed by atoms with E-state index in [1.165, 1.54) is 0 Å². The van der Waals surface area contributed by atoms with Crippen LogP contribution in [0.4, 0.5) is 4.39 Å². The molecule has 2 atom stereocenters. The summed E-state index contributed by atoms with van der Waals surface area (Å²) in [5.74, 6) is 0.677. The van der Waals surface area contributed by atoms with Crippen molar-refractivity contribution < 1.29 is 4.39 Å². The lowest BCUT2D eigenvalue weighted by atomic mass is 10.2. The molecule has 108 valence electrons. The molecule has 4 heterocycles. The van der Waals surface area contributed by atoms with Crippen LogP contribution >= 0.6 is 11.3 Å². The zero-order valence-corrected chi connectivity index (χ0v) is 12.2. The highest BCUT2D eigenvalue weighted by atomic mass is 32.1. The molecule has 21 heavy (non-hydrogen) atoms. The number of halogens is 1. The van der Waals surface area contributed by atoms with Crippen LogP contribution < -0.4 is 5.32 Å². The van der Waals surface area contributed by atoms with Crippen LogP contribution in [0.25, 0.3) is 20.7 Å². The predicted molar refractivity (Wildman–Crippen MR) is 80.0 cm³/mol. The van der Waals surface area contributed by atoms with Crippen molar-refractivity contribution in [2.45, 2.75) is 25.6 Å². The van der Waals surface area contributed by atoms with Crippen LogP contribution in [-0.4, -0.2) is 32.9 Å². The summed E-state index contributed by atoms with van der Waals surface area (Å²) < 4.78 is 14.3. The Hall–Kier alpha value is -1.86. The van der Waals surface area contributed by atoms with E-state index >= 15 is 0 Å². The van der Waals surface area contributed by atoms with Gasteiger partial charge in [0, 0.05) is 35.3 Å². The smallest absolute Gasteiger partial charge is 0.146 e. The highest BCUT2D eigenvalue weighted by Gasteiger charge is 2.27. The molecule has 3 aromatic rings. The number of rotatable bonds is 2. The largest absolute Gasteiger partial charge is 0.304 e. The first-order valence-electron chi connectivity index (χ1n) is 6.85. The number of hydrogen-bond donors (Lipinski definition) is 2. The van der Waals surface area contributed by atoms with Crippen molar-refractivity contribution >= 4 is 21.6 Å². The van der Waals surface area contributed by atoms with E-state index < -0.39 is 6.17 Å². The maximum atomic E-state index is 13.3. The lowest BCUT2D eigenvalue weighted by Gasteiger charge is -2.07. The Balaban J connectivity index is 1.73. The third kappa shape index (κ3) is 2.22. The number of aromatic amines is 1. The third-order valence-electron chi connectivity index (χ3n) is 3.77. The summed E-state index contributed by atoms with van der Waals surface area (Å²) in [6.45, 7) is 2.38. The Morgan fingerprint density at radius 3 is 3.00 bits per heavy atom. The first kappa shape index (κ1) is 12.8. The van der Waals surface area contributed by atoms with Gasteiger partial charge in [-0.25, -0.2) is 14.4 Å². The van der Waals surface area contributed by atoms with Gasteiger partial charge in [-0.2, -0.15) is 5.10 Å². The summed E-state index contributed by atoms with van der Waals surface area (Å²) in [6, 6.07) is 1.97. The van der Waals surface area contributed by atoms with E-state index in [1.54, 1.807) is 11.3 Å². The molecule has 2 N–H and O–H groups in total. The maximum Gasteiger partial charge on any atom is 0.146 e. The Morgan fingerprint density at radius 1 is 1.38 bits per heavy atom. The maximum absolute atomic E-state index is 13.3. The molecular weight excluding hydrogens is 289 g/mol. The number of hydrogen-bond acceptors (Lipinski definition) is 5. The number of aryl methyl sites for hydroxylation is 1. The van der Waals surface area contributed by atoms with Crippen LogP contribution in [0.15, 0.2) is 18.5 Å². The van der Waals surface area contributed by atoms with Gasteiger partial charge in [-0.05, 0) is 13.0 Å². The Bertz CT molecular complexity index is 796. The number of fused-ring (bicyclic) bond motifs is 1. The molecular formula is C14H14FN5S. The highest BCUT2D eigenvalue weighted by molar-refractivity contribution is 7.22. The van der Waals surface area contributed by atoms with E-state index in [4.69, 9.17) is 0 Å². The number of alkyl halides is 1. The van der Waals surface area contributed by atoms with Gasteiger partial charge >= 0.3 is 0 Å². The SMILES string of the molecule is Cc1[nH]ncc1-c1cc2nc([C@@H]3C[C@H](F)CN3)ncc2s1. The fourth-order valence-corrected chi connectivity index (χ4v) is 3.68. The van der Waals surface area contributed by atoms with Crippen LogP contribution in [0.5, 0.6) is 0 Å². The summed E-state index contributed by atoms with van der Waals surface area (Å²) in [5, 5.41) is 10.1. The minimum Gasteiger partial charge on any atom is -0.304 e. The van der Waals surface area contributed by atoms with E-state index in [0.29, 0.717) is 18.8 Å². The molecule has 0 aliphatic carbocycles. The van der Waals surface area contributed by atoms with Crippen molar-refractivity contribution in [2.24, 2.45) is 0 Å². The van der Waals surface area contributed by atoms with Gasteiger partial charge in [0.2, 0.25) is 0 Å². The van der Waals surface area contributed by atoms with Crippen molar-refractivity contribution in [3.63, 3.8) is 0 Å².